The Balaban J connectivity index is 3.11. The van der Waals surface area contributed by atoms with E-state index in [1.165, 1.54) is 13.8 Å². The van der Waals surface area contributed by atoms with Gasteiger partial charge in [-0.1, -0.05) is 6.07 Å². The first-order valence-corrected chi connectivity index (χ1v) is 8.96. The molecule has 0 fully saturated rings. The van der Waals surface area contributed by atoms with Gasteiger partial charge >= 0.3 is 5.97 Å². The van der Waals surface area contributed by atoms with E-state index in [1.54, 1.807) is 13.8 Å². The highest BCUT2D eigenvalue weighted by Gasteiger charge is 2.28. The van der Waals surface area contributed by atoms with Crippen LogP contribution in [-0.2, 0) is 24.3 Å². The SMILES string of the molecule is Cc1cc(C)c(C)c(S(=O)(=O)N[C@@H](C)C(=O)O[C@@H](C)C(N)=O)c1C. The van der Waals surface area contributed by atoms with Gasteiger partial charge in [-0.25, -0.2) is 8.42 Å². The van der Waals surface area contributed by atoms with Gasteiger partial charge in [0.1, 0.15) is 6.04 Å². The van der Waals surface area contributed by atoms with E-state index in [9.17, 15) is 18.0 Å². The molecule has 7 nitrogen and oxygen atoms in total. The zero-order chi connectivity index (χ0) is 18.8. The van der Waals surface area contributed by atoms with Crippen LogP contribution in [0.1, 0.15) is 36.1 Å². The van der Waals surface area contributed by atoms with Crippen molar-refractivity contribution in [3.8, 4) is 0 Å². The van der Waals surface area contributed by atoms with E-state index in [0.29, 0.717) is 11.1 Å². The molecule has 1 aromatic carbocycles. The maximum absolute atomic E-state index is 12.7. The topological polar surface area (TPSA) is 116 Å². The summed E-state index contributed by atoms with van der Waals surface area (Å²) in [6.45, 7) is 9.75. The third-order valence-corrected chi connectivity index (χ3v) is 5.76. The van der Waals surface area contributed by atoms with E-state index >= 15 is 0 Å². The molecule has 0 aliphatic rings. The van der Waals surface area contributed by atoms with Crippen LogP contribution in [0, 0.1) is 27.7 Å². The Bertz CT molecular complexity index is 745. The quantitative estimate of drug-likeness (QED) is 0.738. The third-order valence-electron chi connectivity index (χ3n) is 3.95. The zero-order valence-electron chi connectivity index (χ0n) is 14.8. The number of aryl methyl sites for hydroxylation is 2. The number of hydrogen-bond acceptors (Lipinski definition) is 5. The largest absolute Gasteiger partial charge is 0.451 e. The Hall–Kier alpha value is -1.93. The lowest BCUT2D eigenvalue weighted by molar-refractivity contribution is -0.155. The Morgan fingerprint density at radius 3 is 1.96 bits per heavy atom. The standard InChI is InChI=1S/C16H24N2O5S/c1-8-7-9(2)11(4)14(10(8)3)24(21,22)18-12(5)16(20)23-13(6)15(17)19/h7,12-13,18H,1-6H3,(H2,17,19)/t12-,13-/m0/s1. The minimum atomic E-state index is -3.93. The minimum Gasteiger partial charge on any atom is -0.451 e. The third kappa shape index (κ3) is 4.33. The summed E-state index contributed by atoms with van der Waals surface area (Å²) in [4.78, 5) is 23.0. The highest BCUT2D eigenvalue weighted by Crippen LogP contribution is 2.26. The summed E-state index contributed by atoms with van der Waals surface area (Å²) < 4.78 is 32.5. The van der Waals surface area contributed by atoms with Gasteiger partial charge in [0.15, 0.2) is 6.10 Å². The summed E-state index contributed by atoms with van der Waals surface area (Å²) in [6.07, 6.45) is -1.13. The van der Waals surface area contributed by atoms with E-state index < -0.39 is 34.0 Å². The summed E-state index contributed by atoms with van der Waals surface area (Å²) in [5.74, 6) is -1.68. The monoisotopic (exact) mass is 356 g/mol. The van der Waals surface area contributed by atoms with E-state index in [1.807, 2.05) is 19.9 Å². The lowest BCUT2D eigenvalue weighted by atomic mass is 10.0. The second kappa shape index (κ2) is 7.31. The molecule has 24 heavy (non-hydrogen) atoms. The summed E-state index contributed by atoms with van der Waals surface area (Å²) in [6, 6.07) is 0.757. The van der Waals surface area contributed by atoms with E-state index in [-0.39, 0.29) is 4.90 Å². The van der Waals surface area contributed by atoms with Crippen molar-refractivity contribution < 1.29 is 22.7 Å². The van der Waals surface area contributed by atoms with Crippen molar-refractivity contribution >= 4 is 21.9 Å². The van der Waals surface area contributed by atoms with Gasteiger partial charge in [0.25, 0.3) is 5.91 Å². The number of carbonyl (C=O) groups is 2. The smallest absolute Gasteiger partial charge is 0.324 e. The molecule has 0 spiro atoms. The first-order chi connectivity index (χ1) is 10.9. The van der Waals surface area contributed by atoms with Crippen molar-refractivity contribution in [3.63, 3.8) is 0 Å². The zero-order valence-corrected chi connectivity index (χ0v) is 15.6. The van der Waals surface area contributed by atoms with Gasteiger partial charge in [0.05, 0.1) is 4.90 Å². The van der Waals surface area contributed by atoms with Crippen LogP contribution >= 0.6 is 0 Å². The van der Waals surface area contributed by atoms with Crippen LogP contribution in [0.4, 0.5) is 0 Å². The first kappa shape index (κ1) is 20.1. The lowest BCUT2D eigenvalue weighted by Crippen LogP contribution is -2.42. The maximum atomic E-state index is 12.7. The summed E-state index contributed by atoms with van der Waals surface area (Å²) in [7, 11) is -3.93. The van der Waals surface area contributed by atoms with Gasteiger partial charge in [-0.2, -0.15) is 4.72 Å². The van der Waals surface area contributed by atoms with Crippen molar-refractivity contribution in [3.05, 3.63) is 28.3 Å². The van der Waals surface area contributed by atoms with Crippen LogP contribution in [0.25, 0.3) is 0 Å². The molecule has 134 valence electrons. The summed E-state index contributed by atoms with van der Waals surface area (Å²) >= 11 is 0. The molecule has 0 aromatic heterocycles. The number of carbonyl (C=O) groups excluding carboxylic acids is 2. The fourth-order valence-corrected chi connectivity index (χ4v) is 4.07. The molecule has 0 bridgehead atoms. The van der Waals surface area contributed by atoms with Gasteiger partial charge < -0.3 is 10.5 Å². The molecule has 0 aliphatic heterocycles. The summed E-state index contributed by atoms with van der Waals surface area (Å²) in [5, 5.41) is 0. The van der Waals surface area contributed by atoms with Gasteiger partial charge in [-0.3, -0.25) is 9.59 Å². The average Bonchev–Trinajstić information content (AvgIpc) is 2.44. The van der Waals surface area contributed by atoms with Gasteiger partial charge in [0, 0.05) is 0 Å². The van der Waals surface area contributed by atoms with Crippen molar-refractivity contribution in [2.45, 2.75) is 58.6 Å². The predicted octanol–water partition coefficient (Wildman–Crippen LogP) is 1.00. The predicted molar refractivity (Wildman–Crippen MR) is 89.9 cm³/mol. The molecule has 8 heteroatoms. The number of primary amides is 1. The number of amides is 1. The molecular weight excluding hydrogens is 332 g/mol. The molecule has 0 heterocycles. The average molecular weight is 356 g/mol. The first-order valence-electron chi connectivity index (χ1n) is 7.48. The van der Waals surface area contributed by atoms with E-state index in [4.69, 9.17) is 10.5 Å². The molecule has 0 saturated carbocycles. The maximum Gasteiger partial charge on any atom is 0.324 e. The van der Waals surface area contributed by atoms with E-state index in [2.05, 4.69) is 4.72 Å². The number of hydrogen-bond donors (Lipinski definition) is 2. The molecule has 2 atom stereocenters. The van der Waals surface area contributed by atoms with Crippen molar-refractivity contribution in [2.75, 3.05) is 0 Å². The number of benzene rings is 1. The normalized spacial score (nSPS) is 14.1. The number of sulfonamides is 1. The summed E-state index contributed by atoms with van der Waals surface area (Å²) in [5.41, 5.74) is 7.95. The second-order valence-corrected chi connectivity index (χ2v) is 7.56. The van der Waals surface area contributed by atoms with Crippen molar-refractivity contribution in [2.24, 2.45) is 5.73 Å². The molecule has 0 unspecified atom stereocenters. The number of nitrogens with one attached hydrogen (secondary N) is 1. The van der Waals surface area contributed by atoms with Crippen LogP contribution < -0.4 is 10.5 Å². The second-order valence-electron chi connectivity index (χ2n) is 5.91. The fourth-order valence-electron chi connectivity index (χ4n) is 2.26. The van der Waals surface area contributed by atoms with Crippen LogP contribution in [0.2, 0.25) is 0 Å². The van der Waals surface area contributed by atoms with E-state index in [0.717, 1.165) is 11.1 Å². The molecule has 3 N–H and O–H groups in total. The van der Waals surface area contributed by atoms with Crippen molar-refractivity contribution in [1.29, 1.82) is 0 Å². The molecule has 0 saturated heterocycles. The number of nitrogens with two attached hydrogens (primary N) is 1. The Morgan fingerprint density at radius 1 is 1.08 bits per heavy atom. The van der Waals surface area contributed by atoms with Crippen LogP contribution in [0.5, 0.6) is 0 Å². The fraction of sp³-hybridized carbons (Fsp3) is 0.500. The lowest BCUT2D eigenvalue weighted by Gasteiger charge is -2.19. The Morgan fingerprint density at radius 2 is 1.54 bits per heavy atom. The molecule has 0 radical (unpaired) electrons. The van der Waals surface area contributed by atoms with Crippen molar-refractivity contribution in [1.82, 2.24) is 4.72 Å². The highest BCUT2D eigenvalue weighted by atomic mass is 32.2. The molecule has 0 aliphatic carbocycles. The van der Waals surface area contributed by atoms with Crippen LogP contribution in [0.15, 0.2) is 11.0 Å². The number of rotatable bonds is 6. The number of ether oxygens (including phenoxy) is 1. The Kier molecular flexibility index (Phi) is 6.13. The van der Waals surface area contributed by atoms with Crippen LogP contribution in [0.3, 0.4) is 0 Å². The molecule has 1 aromatic rings. The van der Waals surface area contributed by atoms with Gasteiger partial charge in [-0.05, 0) is 63.8 Å². The molecule has 1 amide bonds. The highest BCUT2D eigenvalue weighted by molar-refractivity contribution is 7.89. The van der Waals surface area contributed by atoms with Crippen LogP contribution in [-0.4, -0.2) is 32.4 Å². The molecule has 1 rings (SSSR count). The van der Waals surface area contributed by atoms with Gasteiger partial charge in [0.2, 0.25) is 10.0 Å². The number of esters is 1. The Labute approximate surface area is 142 Å². The van der Waals surface area contributed by atoms with Gasteiger partial charge in [-0.15, -0.1) is 0 Å². The molecular formula is C16H24N2O5S. The minimum absolute atomic E-state index is 0.155.